The summed E-state index contributed by atoms with van der Waals surface area (Å²) in [5.74, 6) is -4.56. The van der Waals surface area contributed by atoms with Crippen LogP contribution < -0.4 is 15.4 Å². The molecular formula is C30H34F5N5O5. The predicted octanol–water partition coefficient (Wildman–Crippen LogP) is 5.01. The van der Waals surface area contributed by atoms with Crippen LogP contribution in [-0.4, -0.2) is 56.0 Å². The minimum absolute atomic E-state index is 0.0681. The number of aliphatic carboxylic acids is 1. The second-order valence-electron chi connectivity index (χ2n) is 12.3. The van der Waals surface area contributed by atoms with Crippen molar-refractivity contribution in [2.75, 3.05) is 0 Å². The zero-order chi connectivity index (χ0) is 33.5. The Hall–Kier alpha value is -4.30. The molecular weight excluding hydrogens is 605 g/mol. The largest absolute Gasteiger partial charge is 0.490 e. The fourth-order valence-electron chi connectivity index (χ4n) is 5.72. The van der Waals surface area contributed by atoms with Crippen LogP contribution in [0.3, 0.4) is 0 Å². The zero-order valence-electron chi connectivity index (χ0n) is 25.0. The van der Waals surface area contributed by atoms with Gasteiger partial charge in [-0.05, 0) is 69.4 Å². The molecule has 2 fully saturated rings. The molecule has 1 saturated heterocycles. The minimum Gasteiger partial charge on any atom is -0.487 e. The third kappa shape index (κ3) is 7.68. The van der Waals surface area contributed by atoms with Gasteiger partial charge in [-0.3, -0.25) is 24.9 Å². The van der Waals surface area contributed by atoms with Crippen LogP contribution in [0.4, 0.5) is 22.0 Å². The molecule has 2 amide bonds. The van der Waals surface area contributed by atoms with Gasteiger partial charge in [0.15, 0.2) is 5.96 Å². The van der Waals surface area contributed by atoms with Crippen molar-refractivity contribution in [2.45, 2.75) is 82.8 Å². The summed E-state index contributed by atoms with van der Waals surface area (Å²) in [5.41, 5.74) is -0.0930. The van der Waals surface area contributed by atoms with Crippen LogP contribution in [0.15, 0.2) is 36.7 Å². The van der Waals surface area contributed by atoms with E-state index in [-0.39, 0.29) is 30.1 Å². The first-order chi connectivity index (χ1) is 20.8. The summed E-state index contributed by atoms with van der Waals surface area (Å²) >= 11 is 0. The molecule has 3 heterocycles. The average molecular weight is 640 g/mol. The van der Waals surface area contributed by atoms with Gasteiger partial charge in [0.25, 0.3) is 0 Å². The van der Waals surface area contributed by atoms with Gasteiger partial charge in [-0.2, -0.15) is 13.2 Å². The van der Waals surface area contributed by atoms with Gasteiger partial charge < -0.3 is 20.5 Å². The second-order valence-corrected chi connectivity index (χ2v) is 12.3. The maximum atomic E-state index is 14.2. The van der Waals surface area contributed by atoms with Crippen LogP contribution >= 0.6 is 0 Å². The highest BCUT2D eigenvalue weighted by molar-refractivity contribution is 5.99. The van der Waals surface area contributed by atoms with Crippen LogP contribution in [0.25, 0.3) is 0 Å². The Morgan fingerprint density at radius 1 is 1.20 bits per heavy atom. The first kappa shape index (κ1) is 33.6. The molecule has 4 N–H and O–H groups in total. The maximum Gasteiger partial charge on any atom is 0.490 e. The molecule has 244 valence electrons. The Labute approximate surface area is 255 Å². The van der Waals surface area contributed by atoms with Crippen molar-refractivity contribution >= 4 is 23.7 Å². The summed E-state index contributed by atoms with van der Waals surface area (Å²) in [6.45, 7) is 7.66. The topological polar surface area (TPSA) is 145 Å². The number of aromatic nitrogens is 1. The number of halogens is 5. The Bertz CT molecular complexity index is 1480. The summed E-state index contributed by atoms with van der Waals surface area (Å²) in [6, 6.07) is 4.41. The Kier molecular flexibility index (Phi) is 9.14. The number of pyridine rings is 1. The number of guanidine groups is 1. The van der Waals surface area contributed by atoms with E-state index < -0.39 is 52.9 Å². The highest BCUT2D eigenvalue weighted by atomic mass is 19.4. The summed E-state index contributed by atoms with van der Waals surface area (Å²) in [5, 5.41) is 22.0. The van der Waals surface area contributed by atoms with E-state index in [0.717, 1.165) is 6.20 Å². The Morgan fingerprint density at radius 3 is 2.44 bits per heavy atom. The van der Waals surface area contributed by atoms with Crippen LogP contribution in [0.5, 0.6) is 5.75 Å². The monoisotopic (exact) mass is 639 g/mol. The van der Waals surface area contributed by atoms with Crippen molar-refractivity contribution in [3.63, 3.8) is 0 Å². The molecule has 10 nitrogen and oxygen atoms in total. The van der Waals surface area contributed by atoms with E-state index in [2.05, 4.69) is 15.6 Å². The number of hydrogen-bond donors (Lipinski definition) is 4. The van der Waals surface area contributed by atoms with E-state index in [1.165, 1.54) is 29.3 Å². The van der Waals surface area contributed by atoms with Crippen LogP contribution in [0, 0.1) is 28.9 Å². The van der Waals surface area contributed by atoms with Crippen molar-refractivity contribution in [1.29, 1.82) is 5.41 Å². The summed E-state index contributed by atoms with van der Waals surface area (Å²) in [4.78, 5) is 41.0. The third-order valence-electron chi connectivity index (χ3n) is 8.17. The summed E-state index contributed by atoms with van der Waals surface area (Å²) in [6.07, 6.45) is -0.782. The highest BCUT2D eigenvalue weighted by Crippen LogP contribution is 2.52. The van der Waals surface area contributed by atoms with Gasteiger partial charge in [0.05, 0.1) is 24.7 Å². The fourth-order valence-corrected chi connectivity index (χ4v) is 5.72. The lowest BCUT2D eigenvalue weighted by molar-refractivity contribution is -0.192. The van der Waals surface area contributed by atoms with E-state index in [1.54, 1.807) is 6.07 Å². The molecule has 5 rings (SSSR count). The molecule has 1 aromatic heterocycles. The van der Waals surface area contributed by atoms with Gasteiger partial charge in [-0.25, -0.2) is 13.6 Å². The number of hydrogen-bond acceptors (Lipinski definition) is 6. The minimum atomic E-state index is -5.08. The molecule has 1 saturated carbocycles. The number of amides is 2. The number of carboxylic acid groups (broad SMARTS) is 1. The molecule has 1 aromatic carbocycles. The molecule has 0 bridgehead atoms. The van der Waals surface area contributed by atoms with E-state index in [1.807, 2.05) is 27.7 Å². The van der Waals surface area contributed by atoms with Crippen molar-refractivity contribution in [3.05, 3.63) is 59.4 Å². The van der Waals surface area contributed by atoms with Crippen molar-refractivity contribution < 1.29 is 46.2 Å². The molecule has 2 aromatic rings. The predicted molar refractivity (Wildman–Crippen MR) is 150 cm³/mol. The lowest BCUT2D eigenvalue weighted by Gasteiger charge is -2.43. The molecule has 5 atom stereocenters. The number of nitrogens with zero attached hydrogens (tertiary/aromatic N) is 2. The van der Waals surface area contributed by atoms with E-state index >= 15 is 0 Å². The molecule has 2 unspecified atom stereocenters. The zero-order valence-corrected chi connectivity index (χ0v) is 25.0. The number of benzene rings is 1. The fraction of sp³-hybridized carbons (Fsp3) is 0.500. The second kappa shape index (κ2) is 12.2. The van der Waals surface area contributed by atoms with E-state index in [0.29, 0.717) is 36.1 Å². The number of carboxylic acids is 1. The molecule has 45 heavy (non-hydrogen) atoms. The molecule has 2 aliphatic heterocycles. The molecule has 0 radical (unpaired) electrons. The highest BCUT2D eigenvalue weighted by Gasteiger charge is 2.54. The maximum absolute atomic E-state index is 14.2. The number of fused-ring (bicyclic) bond motifs is 1. The van der Waals surface area contributed by atoms with Gasteiger partial charge >= 0.3 is 12.1 Å². The van der Waals surface area contributed by atoms with E-state index in [9.17, 15) is 31.5 Å². The standard InChI is InChI=1S/C28H33F2N5O3.C2HF3O2/c1-5-28(4)12-23(36)35(26(31)34-28)24(15-8-17(30)14-32-13-15)18-10-19(18)25(37)33-21-11-27(2,3)38-22-7-6-16(29)9-20(21)22;3-2(4,5)1(6)7/h6-9,13-14,18-19,21,24H,5,10-12H2,1-4H3,(H2,31,34)(H,33,37);(H,6,7)/t18-,19-,21?,24?,28-;/m1./s1. The normalized spacial score (nSPS) is 25.9. The number of alkyl halides is 3. The van der Waals surface area contributed by atoms with Crippen molar-refractivity contribution in [2.24, 2.45) is 11.8 Å². The first-order valence-corrected chi connectivity index (χ1v) is 14.2. The number of ether oxygens (including phenoxy) is 1. The number of nitrogens with one attached hydrogen (secondary N) is 3. The van der Waals surface area contributed by atoms with Crippen LogP contribution in [-0.2, 0) is 14.4 Å². The quantitative estimate of drug-likeness (QED) is 0.325. The van der Waals surface area contributed by atoms with Gasteiger partial charge in [-0.1, -0.05) is 6.92 Å². The molecule has 0 spiro atoms. The van der Waals surface area contributed by atoms with Gasteiger partial charge in [0.1, 0.15) is 23.0 Å². The number of carbonyl (C=O) groups excluding carboxylic acids is 2. The van der Waals surface area contributed by atoms with E-state index in [4.69, 9.17) is 20.0 Å². The lowest BCUT2D eigenvalue weighted by atomic mass is 9.89. The Balaban J connectivity index is 0.000000591. The van der Waals surface area contributed by atoms with Crippen molar-refractivity contribution in [1.82, 2.24) is 20.5 Å². The third-order valence-corrected chi connectivity index (χ3v) is 8.17. The summed E-state index contributed by atoms with van der Waals surface area (Å²) in [7, 11) is 0. The van der Waals surface area contributed by atoms with Gasteiger partial charge in [0.2, 0.25) is 11.8 Å². The average Bonchev–Trinajstić information content (AvgIpc) is 3.71. The smallest absolute Gasteiger partial charge is 0.487 e. The van der Waals surface area contributed by atoms with Gasteiger partial charge in [0, 0.05) is 29.6 Å². The molecule has 3 aliphatic rings. The summed E-state index contributed by atoms with van der Waals surface area (Å²) < 4.78 is 66.0. The SMILES string of the molecule is CC[C@]1(C)CC(=O)N(C(c2cncc(F)c2)[C@@H]2C[C@H]2C(=O)NC2CC(C)(C)Oc3ccc(F)cc32)C(=N)N1.O=C(O)C(F)(F)F. The number of carbonyl (C=O) groups is 3. The first-order valence-electron chi connectivity index (χ1n) is 14.2. The molecule has 1 aliphatic carbocycles. The lowest BCUT2D eigenvalue weighted by Crippen LogP contribution is -2.61. The van der Waals surface area contributed by atoms with Crippen molar-refractivity contribution in [3.8, 4) is 5.75 Å². The van der Waals surface area contributed by atoms with Crippen LogP contribution in [0.2, 0.25) is 0 Å². The Morgan fingerprint density at radius 2 is 1.87 bits per heavy atom. The number of rotatable bonds is 6. The molecule has 15 heteroatoms. The van der Waals surface area contributed by atoms with Gasteiger partial charge in [-0.15, -0.1) is 0 Å². The van der Waals surface area contributed by atoms with Crippen LogP contribution in [0.1, 0.15) is 76.6 Å².